The summed E-state index contributed by atoms with van der Waals surface area (Å²) >= 11 is 0. The van der Waals surface area contributed by atoms with Crippen LogP contribution in [0.4, 0.5) is 0 Å². The Balaban J connectivity index is 2.03. The second kappa shape index (κ2) is 4.35. The molecule has 4 nitrogen and oxygen atoms in total. The van der Waals surface area contributed by atoms with Crippen molar-refractivity contribution in [2.45, 2.75) is 25.3 Å². The summed E-state index contributed by atoms with van der Waals surface area (Å²) in [5, 5.41) is 2.51. The summed E-state index contributed by atoms with van der Waals surface area (Å²) < 4.78 is 0. The lowest BCUT2D eigenvalue weighted by atomic mass is 9.94. The molecule has 1 aromatic rings. The van der Waals surface area contributed by atoms with Gasteiger partial charge in [-0.3, -0.25) is 10.1 Å². The highest BCUT2D eigenvalue weighted by Gasteiger charge is 2.26. The third-order valence-corrected chi connectivity index (χ3v) is 2.79. The number of guanidine groups is 1. The van der Waals surface area contributed by atoms with E-state index in [0.29, 0.717) is 12.3 Å². The van der Waals surface area contributed by atoms with Gasteiger partial charge in [-0.05, 0) is 17.9 Å². The van der Waals surface area contributed by atoms with Gasteiger partial charge in [-0.1, -0.05) is 37.3 Å². The smallest absolute Gasteiger partial charge is 0.251 e. The van der Waals surface area contributed by atoms with Gasteiger partial charge in [-0.2, -0.15) is 0 Å². The van der Waals surface area contributed by atoms with Crippen LogP contribution in [0.3, 0.4) is 0 Å². The van der Waals surface area contributed by atoms with E-state index < -0.39 is 0 Å². The van der Waals surface area contributed by atoms with E-state index in [1.54, 1.807) is 0 Å². The van der Waals surface area contributed by atoms with Crippen LogP contribution in [0.1, 0.15) is 24.8 Å². The van der Waals surface area contributed by atoms with E-state index in [1.807, 2.05) is 18.2 Å². The molecule has 4 heteroatoms. The van der Waals surface area contributed by atoms with Crippen LogP contribution in [0, 0.1) is 0 Å². The van der Waals surface area contributed by atoms with Crippen molar-refractivity contribution in [3.8, 4) is 0 Å². The van der Waals surface area contributed by atoms with E-state index in [-0.39, 0.29) is 17.9 Å². The van der Waals surface area contributed by atoms with Gasteiger partial charge in [0.05, 0.1) is 0 Å². The topological polar surface area (TPSA) is 67.5 Å². The Kier molecular flexibility index (Phi) is 2.90. The Morgan fingerprint density at radius 2 is 2.12 bits per heavy atom. The maximum atomic E-state index is 11.4. The molecule has 2 rings (SSSR count). The number of nitrogens with two attached hydrogens (primary N) is 1. The van der Waals surface area contributed by atoms with Crippen LogP contribution in [0.25, 0.3) is 0 Å². The van der Waals surface area contributed by atoms with Gasteiger partial charge in [-0.15, -0.1) is 0 Å². The first-order valence-corrected chi connectivity index (χ1v) is 5.36. The van der Waals surface area contributed by atoms with Crippen molar-refractivity contribution in [3.63, 3.8) is 0 Å². The Morgan fingerprint density at radius 1 is 1.44 bits per heavy atom. The van der Waals surface area contributed by atoms with Gasteiger partial charge in [0.1, 0.15) is 6.04 Å². The fourth-order valence-electron chi connectivity index (χ4n) is 1.88. The van der Waals surface area contributed by atoms with Gasteiger partial charge in [0.25, 0.3) is 5.91 Å². The van der Waals surface area contributed by atoms with Crippen molar-refractivity contribution in [1.29, 1.82) is 0 Å². The Labute approximate surface area is 94.6 Å². The van der Waals surface area contributed by atoms with E-state index in [1.165, 1.54) is 5.56 Å². The maximum Gasteiger partial charge on any atom is 0.251 e. The third kappa shape index (κ3) is 2.21. The van der Waals surface area contributed by atoms with Crippen molar-refractivity contribution >= 4 is 11.9 Å². The van der Waals surface area contributed by atoms with Crippen molar-refractivity contribution in [2.24, 2.45) is 10.7 Å². The molecular formula is C12H15N3O. The molecule has 0 aliphatic carbocycles. The minimum absolute atomic E-state index is 0.0970. The van der Waals surface area contributed by atoms with Crippen molar-refractivity contribution in [1.82, 2.24) is 5.32 Å². The molecule has 0 aromatic heterocycles. The summed E-state index contributed by atoms with van der Waals surface area (Å²) in [4.78, 5) is 15.5. The van der Waals surface area contributed by atoms with Crippen LogP contribution in [0.15, 0.2) is 35.3 Å². The summed E-state index contributed by atoms with van der Waals surface area (Å²) in [5.74, 6) is 0.433. The number of hydrogen-bond acceptors (Lipinski definition) is 3. The molecule has 1 aromatic carbocycles. The number of carbonyl (C=O) groups is 1. The fraction of sp³-hybridized carbons (Fsp3) is 0.333. The first kappa shape index (κ1) is 10.7. The molecule has 0 bridgehead atoms. The van der Waals surface area contributed by atoms with Crippen molar-refractivity contribution in [2.75, 3.05) is 0 Å². The summed E-state index contributed by atoms with van der Waals surface area (Å²) in [6, 6.07) is 9.76. The number of rotatable bonds is 3. The molecule has 0 fully saturated rings. The van der Waals surface area contributed by atoms with Gasteiger partial charge in [0.2, 0.25) is 0 Å². The molecule has 0 spiro atoms. The van der Waals surface area contributed by atoms with E-state index in [2.05, 4.69) is 29.4 Å². The number of carbonyl (C=O) groups excluding carboxylic acids is 1. The summed E-state index contributed by atoms with van der Waals surface area (Å²) in [5.41, 5.74) is 6.67. The zero-order chi connectivity index (χ0) is 11.5. The van der Waals surface area contributed by atoms with Gasteiger partial charge >= 0.3 is 0 Å². The largest absolute Gasteiger partial charge is 0.370 e. The van der Waals surface area contributed by atoms with Crippen LogP contribution >= 0.6 is 0 Å². The van der Waals surface area contributed by atoms with Crippen LogP contribution in [0.2, 0.25) is 0 Å². The van der Waals surface area contributed by atoms with E-state index in [4.69, 9.17) is 5.73 Å². The number of amides is 1. The highest BCUT2D eigenvalue weighted by atomic mass is 16.2. The minimum atomic E-state index is -0.338. The number of benzene rings is 1. The standard InChI is InChI=1S/C12H15N3O/c1-8(9-5-3-2-4-6-9)7-10-11(16)15-12(13)14-10/h2-6,8,10H,7H2,1H3,(H3,13,14,15,16). The van der Waals surface area contributed by atoms with Crippen LogP contribution < -0.4 is 11.1 Å². The summed E-state index contributed by atoms with van der Waals surface area (Å²) in [6.07, 6.45) is 0.691. The molecular weight excluding hydrogens is 202 g/mol. The van der Waals surface area contributed by atoms with Gasteiger partial charge in [0, 0.05) is 0 Å². The van der Waals surface area contributed by atoms with E-state index >= 15 is 0 Å². The van der Waals surface area contributed by atoms with Crippen molar-refractivity contribution < 1.29 is 4.79 Å². The second-order valence-corrected chi connectivity index (χ2v) is 4.07. The molecule has 1 aliphatic heterocycles. The van der Waals surface area contributed by atoms with Crippen molar-refractivity contribution in [3.05, 3.63) is 35.9 Å². The molecule has 0 saturated heterocycles. The Hall–Kier alpha value is -1.84. The third-order valence-electron chi connectivity index (χ3n) is 2.79. The molecule has 0 radical (unpaired) electrons. The average molecular weight is 217 g/mol. The number of nitrogens with zero attached hydrogens (tertiary/aromatic N) is 1. The summed E-state index contributed by atoms with van der Waals surface area (Å²) in [7, 11) is 0. The van der Waals surface area contributed by atoms with E-state index in [0.717, 1.165) is 0 Å². The zero-order valence-corrected chi connectivity index (χ0v) is 9.18. The first-order chi connectivity index (χ1) is 7.66. The predicted molar refractivity (Wildman–Crippen MR) is 63.0 cm³/mol. The normalized spacial score (nSPS) is 21.4. The molecule has 0 saturated carbocycles. The fourth-order valence-corrected chi connectivity index (χ4v) is 1.88. The molecule has 1 aliphatic rings. The van der Waals surface area contributed by atoms with Crippen LogP contribution in [-0.4, -0.2) is 17.9 Å². The Morgan fingerprint density at radius 3 is 2.69 bits per heavy atom. The molecule has 2 unspecified atom stereocenters. The van der Waals surface area contributed by atoms with E-state index in [9.17, 15) is 4.79 Å². The van der Waals surface area contributed by atoms with Crippen LogP contribution in [0.5, 0.6) is 0 Å². The lowest BCUT2D eigenvalue weighted by Gasteiger charge is -2.13. The SMILES string of the molecule is CC(CC1N=C(N)NC1=O)c1ccccc1. The quantitative estimate of drug-likeness (QED) is 0.793. The highest BCUT2D eigenvalue weighted by molar-refractivity contribution is 6.04. The lowest BCUT2D eigenvalue weighted by molar-refractivity contribution is -0.120. The molecule has 2 atom stereocenters. The van der Waals surface area contributed by atoms with Gasteiger partial charge < -0.3 is 5.73 Å². The average Bonchev–Trinajstić information content (AvgIpc) is 2.59. The van der Waals surface area contributed by atoms with Crippen LogP contribution in [-0.2, 0) is 4.79 Å². The predicted octanol–water partition coefficient (Wildman–Crippen LogP) is 0.993. The Bertz CT molecular complexity index is 414. The number of nitrogens with one attached hydrogen (secondary N) is 1. The molecule has 1 amide bonds. The molecule has 16 heavy (non-hydrogen) atoms. The zero-order valence-electron chi connectivity index (χ0n) is 9.18. The lowest BCUT2D eigenvalue weighted by Crippen LogP contribution is -2.33. The molecule has 3 N–H and O–H groups in total. The second-order valence-electron chi connectivity index (χ2n) is 4.07. The highest BCUT2D eigenvalue weighted by Crippen LogP contribution is 2.22. The summed E-state index contributed by atoms with van der Waals surface area (Å²) in [6.45, 7) is 2.09. The first-order valence-electron chi connectivity index (χ1n) is 5.36. The number of aliphatic imine (C=N–C) groups is 1. The molecule has 1 heterocycles. The number of hydrogen-bond donors (Lipinski definition) is 2. The minimum Gasteiger partial charge on any atom is -0.370 e. The molecule has 84 valence electrons. The van der Waals surface area contributed by atoms with Gasteiger partial charge in [-0.25, -0.2) is 4.99 Å². The van der Waals surface area contributed by atoms with Gasteiger partial charge in [0.15, 0.2) is 5.96 Å². The monoisotopic (exact) mass is 217 g/mol. The maximum absolute atomic E-state index is 11.4.